The van der Waals surface area contributed by atoms with Crippen molar-refractivity contribution >= 4 is 29.0 Å². The minimum atomic E-state index is 0.495. The van der Waals surface area contributed by atoms with E-state index in [0.717, 1.165) is 17.8 Å². The quantitative estimate of drug-likeness (QED) is 0.912. The van der Waals surface area contributed by atoms with Gasteiger partial charge in [-0.1, -0.05) is 23.2 Å². The van der Waals surface area contributed by atoms with E-state index in [-0.39, 0.29) is 0 Å². The number of amidine groups is 1. The topological polar surface area (TPSA) is 57.5 Å². The molecule has 2 heterocycles. The maximum atomic E-state index is 6.41. The average Bonchev–Trinajstić information content (AvgIpc) is 3.06. The SMILES string of the molecule is CCN1NNN=C1c1cnn(-c2ccc(Cl)cc2)c1Cl. The zero-order valence-corrected chi connectivity index (χ0v) is 12.2. The fraction of sp³-hybridized carbons (Fsp3) is 0.167. The molecule has 0 aliphatic carbocycles. The molecule has 2 aromatic rings. The Kier molecular flexibility index (Phi) is 3.52. The van der Waals surface area contributed by atoms with E-state index in [1.165, 1.54) is 0 Å². The molecule has 0 amide bonds. The van der Waals surface area contributed by atoms with E-state index >= 15 is 0 Å². The van der Waals surface area contributed by atoms with Crippen LogP contribution >= 0.6 is 23.2 Å². The van der Waals surface area contributed by atoms with Crippen LogP contribution in [0.2, 0.25) is 10.2 Å². The van der Waals surface area contributed by atoms with Crippen LogP contribution in [-0.4, -0.2) is 27.2 Å². The van der Waals surface area contributed by atoms with Crippen molar-refractivity contribution in [2.45, 2.75) is 6.92 Å². The highest BCUT2D eigenvalue weighted by Gasteiger charge is 2.23. The highest BCUT2D eigenvalue weighted by molar-refractivity contribution is 6.33. The number of hydrazine groups is 2. The van der Waals surface area contributed by atoms with Gasteiger partial charge in [0.15, 0.2) is 5.84 Å². The Labute approximate surface area is 125 Å². The first kappa shape index (κ1) is 13.2. The minimum Gasteiger partial charge on any atom is -0.271 e. The molecule has 1 aliphatic heterocycles. The Morgan fingerprint density at radius 1 is 1.20 bits per heavy atom. The van der Waals surface area contributed by atoms with Gasteiger partial charge in [-0.2, -0.15) is 5.10 Å². The third-order valence-corrected chi connectivity index (χ3v) is 3.56. The number of nitrogens with one attached hydrogen (secondary N) is 2. The smallest absolute Gasteiger partial charge is 0.177 e. The van der Waals surface area contributed by atoms with Gasteiger partial charge in [0.2, 0.25) is 0 Å². The van der Waals surface area contributed by atoms with Crippen molar-refractivity contribution < 1.29 is 0 Å². The van der Waals surface area contributed by atoms with Gasteiger partial charge in [0.05, 0.1) is 17.4 Å². The van der Waals surface area contributed by atoms with Crippen LogP contribution in [0.4, 0.5) is 0 Å². The Morgan fingerprint density at radius 3 is 2.65 bits per heavy atom. The monoisotopic (exact) mass is 310 g/mol. The second-order valence-electron chi connectivity index (χ2n) is 4.14. The van der Waals surface area contributed by atoms with E-state index < -0.39 is 0 Å². The molecule has 104 valence electrons. The summed E-state index contributed by atoms with van der Waals surface area (Å²) in [5, 5.41) is 11.5. The fourth-order valence-electron chi connectivity index (χ4n) is 1.93. The largest absolute Gasteiger partial charge is 0.271 e. The van der Waals surface area contributed by atoms with Crippen LogP contribution in [0.1, 0.15) is 12.5 Å². The molecule has 6 nitrogen and oxygen atoms in total. The second kappa shape index (κ2) is 5.32. The lowest BCUT2D eigenvalue weighted by Crippen LogP contribution is -2.40. The molecule has 1 aromatic heterocycles. The zero-order valence-electron chi connectivity index (χ0n) is 10.6. The third-order valence-electron chi connectivity index (χ3n) is 2.94. The van der Waals surface area contributed by atoms with E-state index in [2.05, 4.69) is 21.3 Å². The first-order valence-electron chi connectivity index (χ1n) is 6.06. The van der Waals surface area contributed by atoms with E-state index in [1.54, 1.807) is 23.0 Å². The third kappa shape index (κ3) is 2.22. The van der Waals surface area contributed by atoms with Crippen molar-refractivity contribution in [1.82, 2.24) is 25.9 Å². The van der Waals surface area contributed by atoms with Crippen LogP contribution in [0.5, 0.6) is 0 Å². The average molecular weight is 311 g/mol. The first-order valence-corrected chi connectivity index (χ1v) is 6.82. The highest BCUT2D eigenvalue weighted by atomic mass is 35.5. The molecule has 0 saturated heterocycles. The molecule has 0 atom stereocenters. The van der Waals surface area contributed by atoms with Gasteiger partial charge in [-0.15, -0.1) is 10.6 Å². The van der Waals surface area contributed by atoms with E-state index in [4.69, 9.17) is 23.2 Å². The summed E-state index contributed by atoms with van der Waals surface area (Å²) in [4.78, 5) is 0. The maximum absolute atomic E-state index is 6.41. The summed E-state index contributed by atoms with van der Waals surface area (Å²) in [5.74, 6) is 0.706. The van der Waals surface area contributed by atoms with Gasteiger partial charge in [-0.3, -0.25) is 5.01 Å². The number of nitrogens with zero attached hydrogens (tertiary/aromatic N) is 4. The Hall–Kier alpha value is -1.76. The van der Waals surface area contributed by atoms with Crippen molar-refractivity contribution in [3.05, 3.63) is 46.2 Å². The van der Waals surface area contributed by atoms with Crippen molar-refractivity contribution in [3.63, 3.8) is 0 Å². The standard InChI is InChI=1S/C12H12Cl2N6/c1-2-19-12(16-17-18-19)10-7-15-20(11(10)14)9-5-3-8(13)4-6-9/h3-7,17-18H,2H2,1H3. The Balaban J connectivity index is 1.99. The molecule has 1 aromatic carbocycles. The molecular weight excluding hydrogens is 299 g/mol. The van der Waals surface area contributed by atoms with Gasteiger partial charge in [-0.25, -0.2) is 10.2 Å². The number of benzene rings is 1. The van der Waals surface area contributed by atoms with Crippen molar-refractivity contribution in [2.75, 3.05) is 6.54 Å². The van der Waals surface area contributed by atoms with E-state index in [1.807, 2.05) is 24.1 Å². The molecule has 0 saturated carbocycles. The van der Waals surface area contributed by atoms with Crippen LogP contribution < -0.4 is 11.1 Å². The molecule has 0 bridgehead atoms. The van der Waals surface area contributed by atoms with Crippen LogP contribution in [-0.2, 0) is 0 Å². The summed E-state index contributed by atoms with van der Waals surface area (Å²) in [6.45, 7) is 2.75. The maximum Gasteiger partial charge on any atom is 0.177 e. The predicted octanol–water partition coefficient (Wildman–Crippen LogP) is 2.19. The number of rotatable bonds is 3. The normalized spacial score (nSPS) is 14.3. The number of halogens is 2. The van der Waals surface area contributed by atoms with Crippen molar-refractivity contribution in [1.29, 1.82) is 0 Å². The number of hydrazone groups is 1. The summed E-state index contributed by atoms with van der Waals surface area (Å²) >= 11 is 12.3. The number of aromatic nitrogens is 2. The summed E-state index contributed by atoms with van der Waals surface area (Å²) in [5.41, 5.74) is 7.20. The summed E-state index contributed by atoms with van der Waals surface area (Å²) in [6, 6.07) is 7.30. The molecule has 0 fully saturated rings. The Morgan fingerprint density at radius 2 is 1.95 bits per heavy atom. The molecule has 8 heteroatoms. The van der Waals surface area contributed by atoms with Gasteiger partial charge in [-0.05, 0) is 31.2 Å². The molecule has 0 unspecified atom stereocenters. The lowest BCUT2D eigenvalue weighted by Gasteiger charge is -2.15. The first-order chi connectivity index (χ1) is 9.70. The highest BCUT2D eigenvalue weighted by Crippen LogP contribution is 2.23. The van der Waals surface area contributed by atoms with Crippen molar-refractivity contribution in [3.8, 4) is 5.69 Å². The van der Waals surface area contributed by atoms with E-state index in [9.17, 15) is 0 Å². The number of hydrogen-bond acceptors (Lipinski definition) is 5. The lowest BCUT2D eigenvalue weighted by atomic mass is 10.3. The lowest BCUT2D eigenvalue weighted by molar-refractivity contribution is 0.308. The van der Waals surface area contributed by atoms with Crippen molar-refractivity contribution in [2.24, 2.45) is 5.10 Å². The minimum absolute atomic E-state index is 0.495. The molecule has 3 rings (SSSR count). The van der Waals surface area contributed by atoms with Crippen LogP contribution in [0.3, 0.4) is 0 Å². The van der Waals surface area contributed by atoms with Gasteiger partial charge in [0.1, 0.15) is 5.15 Å². The summed E-state index contributed by atoms with van der Waals surface area (Å²) in [7, 11) is 0. The fourth-order valence-corrected chi connectivity index (χ4v) is 2.33. The van der Waals surface area contributed by atoms with Crippen LogP contribution in [0, 0.1) is 0 Å². The molecule has 0 spiro atoms. The van der Waals surface area contributed by atoms with Gasteiger partial charge >= 0.3 is 0 Å². The zero-order chi connectivity index (χ0) is 14.1. The van der Waals surface area contributed by atoms with Gasteiger partial charge < -0.3 is 0 Å². The molecule has 1 aliphatic rings. The van der Waals surface area contributed by atoms with E-state index in [0.29, 0.717) is 16.0 Å². The number of hydrogen-bond donors (Lipinski definition) is 2. The van der Waals surface area contributed by atoms with Crippen LogP contribution in [0.25, 0.3) is 5.69 Å². The predicted molar refractivity (Wildman–Crippen MR) is 78.8 cm³/mol. The molecular formula is C12H12Cl2N6. The summed E-state index contributed by atoms with van der Waals surface area (Å²) < 4.78 is 1.64. The van der Waals surface area contributed by atoms with Gasteiger partial charge in [0, 0.05) is 11.6 Å². The Bertz CT molecular complexity index is 648. The second-order valence-corrected chi connectivity index (χ2v) is 4.93. The van der Waals surface area contributed by atoms with Gasteiger partial charge in [0.25, 0.3) is 0 Å². The van der Waals surface area contributed by atoms with Crippen LogP contribution in [0.15, 0.2) is 35.6 Å². The molecule has 0 radical (unpaired) electrons. The summed E-state index contributed by atoms with van der Waals surface area (Å²) in [6.07, 6.45) is 1.69. The molecule has 20 heavy (non-hydrogen) atoms. The molecule has 2 N–H and O–H groups in total.